The molecule has 98 valence electrons. The van der Waals surface area contributed by atoms with Gasteiger partial charge >= 0.3 is 0 Å². The molecule has 2 saturated heterocycles. The average Bonchev–Trinajstić information content (AvgIpc) is 2.92. The summed E-state index contributed by atoms with van der Waals surface area (Å²) in [5.41, 5.74) is 0.732. The molecule has 2 fully saturated rings. The van der Waals surface area contributed by atoms with E-state index in [4.69, 9.17) is 0 Å². The number of aryl methyl sites for hydroxylation is 1. The van der Waals surface area contributed by atoms with Gasteiger partial charge in [-0.25, -0.2) is 0 Å². The first-order valence-corrected chi connectivity index (χ1v) is 6.85. The number of carbonyl (C=O) groups excluding carboxylic acids is 1. The second-order valence-corrected chi connectivity index (χ2v) is 5.17. The molecule has 0 aromatic carbocycles. The Labute approximate surface area is 107 Å². The first kappa shape index (κ1) is 11.7. The summed E-state index contributed by atoms with van der Waals surface area (Å²) in [5.74, 6) is 0.158. The minimum Gasteiger partial charge on any atom is -0.331 e. The molecule has 5 heteroatoms. The van der Waals surface area contributed by atoms with Gasteiger partial charge in [0.05, 0.1) is 11.8 Å². The van der Waals surface area contributed by atoms with Crippen molar-refractivity contribution in [3.63, 3.8) is 0 Å². The Bertz CT molecular complexity index is 428. The molecular weight excluding hydrogens is 228 g/mol. The molecule has 2 aliphatic rings. The minimum atomic E-state index is 0.158. The SMILES string of the molecule is CCn1cc(C(=O)N2C3CCNCC2CC3)cn1. The van der Waals surface area contributed by atoms with E-state index in [1.165, 1.54) is 0 Å². The van der Waals surface area contributed by atoms with E-state index in [1.807, 2.05) is 17.8 Å². The van der Waals surface area contributed by atoms with Crippen LogP contribution in [0, 0.1) is 0 Å². The number of hydrogen-bond acceptors (Lipinski definition) is 3. The lowest BCUT2D eigenvalue weighted by molar-refractivity contribution is 0.0680. The molecule has 1 aromatic rings. The lowest BCUT2D eigenvalue weighted by Crippen LogP contribution is -2.42. The van der Waals surface area contributed by atoms with Crippen molar-refractivity contribution in [2.75, 3.05) is 13.1 Å². The predicted octanol–water partition coefficient (Wildman–Crippen LogP) is 0.869. The number of nitrogens with one attached hydrogen (secondary N) is 1. The Morgan fingerprint density at radius 1 is 1.44 bits per heavy atom. The van der Waals surface area contributed by atoms with Gasteiger partial charge in [-0.15, -0.1) is 0 Å². The molecule has 0 aliphatic carbocycles. The summed E-state index contributed by atoms with van der Waals surface area (Å²) in [7, 11) is 0. The Kier molecular flexibility index (Phi) is 3.07. The van der Waals surface area contributed by atoms with Crippen molar-refractivity contribution < 1.29 is 4.79 Å². The van der Waals surface area contributed by atoms with Gasteiger partial charge in [-0.3, -0.25) is 9.48 Å². The van der Waals surface area contributed by atoms with E-state index in [0.717, 1.165) is 44.5 Å². The molecule has 2 atom stereocenters. The van der Waals surface area contributed by atoms with E-state index in [1.54, 1.807) is 6.20 Å². The molecule has 1 amide bonds. The van der Waals surface area contributed by atoms with Crippen molar-refractivity contribution >= 4 is 5.91 Å². The van der Waals surface area contributed by atoms with Crippen LogP contribution in [0.2, 0.25) is 0 Å². The fourth-order valence-electron chi connectivity index (χ4n) is 3.11. The van der Waals surface area contributed by atoms with Gasteiger partial charge in [0.15, 0.2) is 0 Å². The summed E-state index contributed by atoms with van der Waals surface area (Å²) in [6, 6.07) is 0.789. The fourth-order valence-corrected chi connectivity index (χ4v) is 3.11. The molecular formula is C13H20N4O. The van der Waals surface area contributed by atoms with Crippen LogP contribution in [-0.4, -0.2) is 45.8 Å². The zero-order valence-electron chi connectivity index (χ0n) is 10.8. The molecule has 2 aliphatic heterocycles. The summed E-state index contributed by atoms with van der Waals surface area (Å²) in [4.78, 5) is 14.7. The van der Waals surface area contributed by atoms with Crippen molar-refractivity contribution in [1.29, 1.82) is 0 Å². The Balaban J connectivity index is 1.82. The molecule has 2 unspecified atom stereocenters. The van der Waals surface area contributed by atoms with Crippen molar-refractivity contribution in [2.45, 2.75) is 44.8 Å². The minimum absolute atomic E-state index is 0.158. The Morgan fingerprint density at radius 3 is 3.06 bits per heavy atom. The van der Waals surface area contributed by atoms with E-state index in [2.05, 4.69) is 15.3 Å². The normalized spacial score (nSPS) is 27.3. The highest BCUT2D eigenvalue weighted by Crippen LogP contribution is 2.29. The molecule has 1 N–H and O–H groups in total. The van der Waals surface area contributed by atoms with Crippen LogP contribution in [0.5, 0.6) is 0 Å². The van der Waals surface area contributed by atoms with Crippen molar-refractivity contribution in [1.82, 2.24) is 20.0 Å². The standard InChI is InChI=1S/C13H20N4O/c1-2-16-9-10(7-15-16)13(18)17-11-3-4-12(17)8-14-6-5-11/h7,9,11-12,14H,2-6,8H2,1H3. The Hall–Kier alpha value is -1.36. The zero-order valence-corrected chi connectivity index (χ0v) is 10.8. The molecule has 3 heterocycles. The molecule has 1 aromatic heterocycles. The molecule has 0 spiro atoms. The summed E-state index contributed by atoms with van der Waals surface area (Å²) in [5, 5.41) is 7.61. The lowest BCUT2D eigenvalue weighted by Gasteiger charge is -2.27. The largest absolute Gasteiger partial charge is 0.331 e. The average molecular weight is 248 g/mol. The van der Waals surface area contributed by atoms with Crippen molar-refractivity contribution in [3.05, 3.63) is 18.0 Å². The van der Waals surface area contributed by atoms with Crippen molar-refractivity contribution in [2.24, 2.45) is 0 Å². The van der Waals surface area contributed by atoms with Crippen molar-refractivity contribution in [3.8, 4) is 0 Å². The summed E-state index contributed by atoms with van der Waals surface area (Å²) in [6.07, 6.45) is 6.92. The monoisotopic (exact) mass is 248 g/mol. The first-order chi connectivity index (χ1) is 8.79. The third-order valence-corrected chi connectivity index (χ3v) is 4.09. The molecule has 3 rings (SSSR count). The van der Waals surface area contributed by atoms with E-state index in [-0.39, 0.29) is 5.91 Å². The fraction of sp³-hybridized carbons (Fsp3) is 0.692. The summed E-state index contributed by atoms with van der Waals surface area (Å²) in [6.45, 7) is 4.80. The third kappa shape index (κ3) is 1.92. The Morgan fingerprint density at radius 2 is 2.28 bits per heavy atom. The van der Waals surface area contributed by atoms with Gasteiger partial charge in [-0.1, -0.05) is 0 Å². The number of fused-ring (bicyclic) bond motifs is 2. The van der Waals surface area contributed by atoms with E-state index >= 15 is 0 Å². The predicted molar refractivity (Wildman–Crippen MR) is 68.4 cm³/mol. The molecule has 18 heavy (non-hydrogen) atoms. The van der Waals surface area contributed by atoms with E-state index in [9.17, 15) is 4.79 Å². The summed E-state index contributed by atoms with van der Waals surface area (Å²) >= 11 is 0. The van der Waals surface area contributed by atoms with Crippen LogP contribution in [0.25, 0.3) is 0 Å². The lowest BCUT2D eigenvalue weighted by atomic mass is 10.1. The highest BCUT2D eigenvalue weighted by Gasteiger charge is 2.38. The quantitative estimate of drug-likeness (QED) is 0.845. The molecule has 2 bridgehead atoms. The number of rotatable bonds is 2. The number of amides is 1. The van der Waals surface area contributed by atoms with E-state index in [0.29, 0.717) is 12.1 Å². The van der Waals surface area contributed by atoms with E-state index < -0.39 is 0 Å². The molecule has 5 nitrogen and oxygen atoms in total. The van der Waals surface area contributed by atoms with Crippen LogP contribution in [0.3, 0.4) is 0 Å². The highest BCUT2D eigenvalue weighted by molar-refractivity contribution is 5.94. The number of aromatic nitrogens is 2. The van der Waals surface area contributed by atoms with Gasteiger partial charge < -0.3 is 10.2 Å². The highest BCUT2D eigenvalue weighted by atomic mass is 16.2. The maximum absolute atomic E-state index is 12.6. The molecule has 0 radical (unpaired) electrons. The van der Waals surface area contributed by atoms with Gasteiger partial charge in [0.1, 0.15) is 0 Å². The third-order valence-electron chi connectivity index (χ3n) is 4.09. The van der Waals surface area contributed by atoms with Crippen LogP contribution in [-0.2, 0) is 6.54 Å². The topological polar surface area (TPSA) is 50.2 Å². The van der Waals surface area contributed by atoms with Gasteiger partial charge in [0, 0.05) is 31.4 Å². The second-order valence-electron chi connectivity index (χ2n) is 5.17. The summed E-state index contributed by atoms with van der Waals surface area (Å²) < 4.78 is 1.81. The van der Waals surface area contributed by atoms with Crippen LogP contribution in [0.15, 0.2) is 12.4 Å². The molecule has 0 saturated carbocycles. The van der Waals surface area contributed by atoms with Gasteiger partial charge in [0.25, 0.3) is 5.91 Å². The second kappa shape index (κ2) is 4.72. The van der Waals surface area contributed by atoms with Crippen LogP contribution < -0.4 is 5.32 Å². The number of carbonyl (C=O) groups is 1. The smallest absolute Gasteiger partial charge is 0.257 e. The number of nitrogens with zero attached hydrogens (tertiary/aromatic N) is 3. The zero-order chi connectivity index (χ0) is 12.5. The number of hydrogen-bond donors (Lipinski definition) is 1. The van der Waals surface area contributed by atoms with Crippen LogP contribution in [0.4, 0.5) is 0 Å². The van der Waals surface area contributed by atoms with Crippen LogP contribution >= 0.6 is 0 Å². The van der Waals surface area contributed by atoms with Gasteiger partial charge in [0.2, 0.25) is 0 Å². The van der Waals surface area contributed by atoms with Gasteiger partial charge in [-0.2, -0.15) is 5.10 Å². The first-order valence-electron chi connectivity index (χ1n) is 6.85. The van der Waals surface area contributed by atoms with Gasteiger partial charge in [-0.05, 0) is 32.7 Å². The maximum atomic E-state index is 12.6. The maximum Gasteiger partial charge on any atom is 0.257 e. The van der Waals surface area contributed by atoms with Crippen LogP contribution in [0.1, 0.15) is 36.5 Å².